The highest BCUT2D eigenvalue weighted by molar-refractivity contribution is 7.89. The molecule has 0 saturated carbocycles. The van der Waals surface area contributed by atoms with Crippen molar-refractivity contribution >= 4 is 33.4 Å². The zero-order valence-electron chi connectivity index (χ0n) is 13.1. The lowest BCUT2D eigenvalue weighted by Gasteiger charge is -2.05. The molecule has 2 aromatic carbocycles. The largest absolute Gasteiger partial charge is 0.457 e. The lowest BCUT2D eigenvalue weighted by Crippen LogP contribution is -2.14. The molecule has 0 fully saturated rings. The second kappa shape index (κ2) is 8.24. The molecule has 2 N–H and O–H groups in total. The summed E-state index contributed by atoms with van der Waals surface area (Å²) in [6.45, 7) is -0.342. The van der Waals surface area contributed by atoms with Gasteiger partial charge in [0.25, 0.3) is 0 Å². The summed E-state index contributed by atoms with van der Waals surface area (Å²) < 4.78 is 27.3. The first-order chi connectivity index (χ1) is 11.8. The van der Waals surface area contributed by atoms with Gasteiger partial charge in [-0.2, -0.15) is 0 Å². The van der Waals surface area contributed by atoms with Crippen molar-refractivity contribution in [2.75, 3.05) is 6.61 Å². The Kier molecular flexibility index (Phi) is 6.30. The first kappa shape index (κ1) is 19.1. The Morgan fingerprint density at radius 3 is 2.16 bits per heavy atom. The average molecular weight is 382 g/mol. The second-order valence-corrected chi connectivity index (χ2v) is 7.28. The maximum Gasteiger partial charge on any atom is 0.306 e. The number of hydrogen-bond donors (Lipinski definition) is 1. The fraction of sp³-hybridized carbons (Fsp3) is 0.176. The van der Waals surface area contributed by atoms with E-state index in [2.05, 4.69) is 0 Å². The molecule has 0 unspecified atom stereocenters. The number of carbonyl (C=O) groups is 2. The van der Waals surface area contributed by atoms with E-state index in [0.29, 0.717) is 17.0 Å². The highest BCUT2D eigenvalue weighted by atomic mass is 35.5. The monoisotopic (exact) mass is 381 g/mol. The molecule has 0 radical (unpaired) electrons. The Bertz CT molecular complexity index is 861. The van der Waals surface area contributed by atoms with Crippen LogP contribution in [0.4, 0.5) is 0 Å². The quantitative estimate of drug-likeness (QED) is 0.585. The summed E-state index contributed by atoms with van der Waals surface area (Å²) in [6, 6.07) is 12.2. The molecule has 2 rings (SSSR count). The zero-order chi connectivity index (χ0) is 18.4. The fourth-order valence-corrected chi connectivity index (χ4v) is 2.67. The third-order valence-electron chi connectivity index (χ3n) is 3.40. The average Bonchev–Trinajstić information content (AvgIpc) is 2.58. The molecular formula is C17H16ClNO5S. The van der Waals surface area contributed by atoms with Crippen molar-refractivity contribution in [1.82, 2.24) is 0 Å². The minimum Gasteiger partial charge on any atom is -0.457 e. The number of sulfonamides is 1. The van der Waals surface area contributed by atoms with Crippen molar-refractivity contribution in [3.63, 3.8) is 0 Å². The van der Waals surface area contributed by atoms with Crippen LogP contribution in [-0.4, -0.2) is 26.8 Å². The van der Waals surface area contributed by atoms with Gasteiger partial charge >= 0.3 is 5.97 Å². The van der Waals surface area contributed by atoms with Crippen LogP contribution in [-0.2, 0) is 26.0 Å². The predicted molar refractivity (Wildman–Crippen MR) is 92.9 cm³/mol. The van der Waals surface area contributed by atoms with Crippen molar-refractivity contribution in [2.24, 2.45) is 5.14 Å². The first-order valence-corrected chi connectivity index (χ1v) is 9.24. The summed E-state index contributed by atoms with van der Waals surface area (Å²) in [6.07, 6.45) is 0.432. The number of esters is 1. The Morgan fingerprint density at radius 2 is 1.60 bits per heavy atom. The minimum absolute atomic E-state index is 0.00684. The number of nitrogens with two attached hydrogens (primary N) is 1. The van der Waals surface area contributed by atoms with Crippen molar-refractivity contribution in [3.05, 3.63) is 64.7 Å². The molecule has 2 aromatic rings. The van der Waals surface area contributed by atoms with Gasteiger partial charge in [-0.05, 0) is 48.4 Å². The van der Waals surface area contributed by atoms with Gasteiger partial charge in [-0.1, -0.05) is 23.7 Å². The Hall–Kier alpha value is -2.22. The molecule has 0 atom stereocenters. The van der Waals surface area contributed by atoms with Gasteiger partial charge in [0.1, 0.15) is 0 Å². The lowest BCUT2D eigenvalue weighted by atomic mass is 10.1. The molecule has 132 valence electrons. The van der Waals surface area contributed by atoms with E-state index in [1.807, 2.05) is 0 Å². The molecule has 0 aromatic heterocycles. The highest BCUT2D eigenvalue weighted by Gasteiger charge is 2.11. The maximum atomic E-state index is 11.9. The molecule has 8 heteroatoms. The van der Waals surface area contributed by atoms with Gasteiger partial charge in [-0.15, -0.1) is 0 Å². The molecule has 25 heavy (non-hydrogen) atoms. The Morgan fingerprint density at radius 1 is 1.00 bits per heavy atom. The number of aryl methyl sites for hydroxylation is 1. The molecule has 0 spiro atoms. The number of hydrogen-bond acceptors (Lipinski definition) is 5. The second-order valence-electron chi connectivity index (χ2n) is 5.28. The molecule has 0 amide bonds. The number of carbonyl (C=O) groups excluding carboxylic acids is 2. The topological polar surface area (TPSA) is 104 Å². The summed E-state index contributed by atoms with van der Waals surface area (Å²) >= 11 is 5.74. The number of benzene rings is 2. The Balaban J connectivity index is 1.80. The minimum atomic E-state index is -3.74. The maximum absolute atomic E-state index is 11.9. The molecule has 0 aliphatic heterocycles. The highest BCUT2D eigenvalue weighted by Crippen LogP contribution is 2.12. The summed E-state index contributed by atoms with van der Waals surface area (Å²) in [4.78, 5) is 23.6. The van der Waals surface area contributed by atoms with Gasteiger partial charge < -0.3 is 4.74 Å². The van der Waals surface area contributed by atoms with Crippen molar-refractivity contribution in [2.45, 2.75) is 17.7 Å². The lowest BCUT2D eigenvalue weighted by molar-refractivity contribution is -0.142. The van der Waals surface area contributed by atoms with Crippen molar-refractivity contribution in [3.8, 4) is 0 Å². The number of ether oxygens (including phenoxy) is 1. The van der Waals surface area contributed by atoms with E-state index in [9.17, 15) is 18.0 Å². The third kappa shape index (κ3) is 5.97. The van der Waals surface area contributed by atoms with Gasteiger partial charge in [0.15, 0.2) is 12.4 Å². The number of primary sulfonamides is 1. The van der Waals surface area contributed by atoms with E-state index in [1.54, 1.807) is 36.4 Å². The molecule has 0 bridgehead atoms. The summed E-state index contributed by atoms with van der Waals surface area (Å²) in [5.41, 5.74) is 1.17. The smallest absolute Gasteiger partial charge is 0.306 e. The molecule has 0 heterocycles. The van der Waals surface area contributed by atoms with Gasteiger partial charge in [0, 0.05) is 17.0 Å². The van der Waals surface area contributed by atoms with E-state index in [-0.39, 0.29) is 23.7 Å². The van der Waals surface area contributed by atoms with Gasteiger partial charge in [0.2, 0.25) is 10.0 Å². The van der Waals surface area contributed by atoms with E-state index in [4.69, 9.17) is 21.5 Å². The molecule has 0 aliphatic rings. The molecular weight excluding hydrogens is 366 g/mol. The standard InChI is InChI=1S/C17H16ClNO5S/c18-14-6-4-13(5-7-14)16(20)11-24-17(21)10-3-12-1-8-15(9-2-12)25(19,22)23/h1-2,4-9H,3,10-11H2,(H2,19,22,23). The van der Waals surface area contributed by atoms with Crippen LogP contribution < -0.4 is 5.14 Å². The van der Waals surface area contributed by atoms with Crippen LogP contribution in [0.1, 0.15) is 22.3 Å². The Labute approximate surface area is 150 Å². The number of halogens is 1. The van der Waals surface area contributed by atoms with E-state index >= 15 is 0 Å². The normalized spacial score (nSPS) is 11.1. The van der Waals surface area contributed by atoms with E-state index in [1.165, 1.54) is 12.1 Å². The molecule has 0 aliphatic carbocycles. The van der Waals surface area contributed by atoms with Gasteiger partial charge in [-0.3, -0.25) is 9.59 Å². The van der Waals surface area contributed by atoms with E-state index in [0.717, 1.165) is 5.56 Å². The third-order valence-corrected chi connectivity index (χ3v) is 4.58. The van der Waals surface area contributed by atoms with Crippen LogP contribution in [0.15, 0.2) is 53.4 Å². The summed E-state index contributed by atoms with van der Waals surface area (Å²) in [5.74, 6) is -0.833. The molecule has 0 saturated heterocycles. The van der Waals surface area contributed by atoms with Crippen LogP contribution in [0.5, 0.6) is 0 Å². The number of ketones is 1. The summed E-state index contributed by atoms with van der Waals surface area (Å²) in [5, 5.41) is 5.53. The summed E-state index contributed by atoms with van der Waals surface area (Å²) in [7, 11) is -3.74. The SMILES string of the molecule is NS(=O)(=O)c1ccc(CCC(=O)OCC(=O)c2ccc(Cl)cc2)cc1. The van der Waals surface area contributed by atoms with Crippen LogP contribution in [0.2, 0.25) is 5.02 Å². The number of Topliss-reactive ketones (excluding diaryl/α,β-unsaturated/α-hetero) is 1. The predicted octanol–water partition coefficient (Wildman–Crippen LogP) is 2.35. The first-order valence-electron chi connectivity index (χ1n) is 7.32. The van der Waals surface area contributed by atoms with Crippen LogP contribution in [0, 0.1) is 0 Å². The van der Waals surface area contributed by atoms with Crippen molar-refractivity contribution < 1.29 is 22.7 Å². The van der Waals surface area contributed by atoms with Crippen LogP contribution in [0.25, 0.3) is 0 Å². The molecule has 6 nitrogen and oxygen atoms in total. The van der Waals surface area contributed by atoms with Gasteiger partial charge in [0.05, 0.1) is 4.90 Å². The van der Waals surface area contributed by atoms with E-state index < -0.39 is 16.0 Å². The number of rotatable bonds is 7. The van der Waals surface area contributed by atoms with Crippen molar-refractivity contribution in [1.29, 1.82) is 0 Å². The van der Waals surface area contributed by atoms with Crippen LogP contribution >= 0.6 is 11.6 Å². The zero-order valence-corrected chi connectivity index (χ0v) is 14.7. The fourth-order valence-electron chi connectivity index (χ4n) is 2.03. The van der Waals surface area contributed by atoms with Crippen LogP contribution in [0.3, 0.4) is 0 Å². The van der Waals surface area contributed by atoms with Gasteiger partial charge in [-0.25, -0.2) is 13.6 Å².